The zero-order valence-corrected chi connectivity index (χ0v) is 6.40. The molecule has 0 saturated heterocycles. The summed E-state index contributed by atoms with van der Waals surface area (Å²) in [7, 11) is 0. The van der Waals surface area contributed by atoms with E-state index >= 15 is 0 Å². The second-order valence-electron chi connectivity index (χ2n) is 1.64. The molecule has 0 bridgehead atoms. The molecule has 0 aliphatic carbocycles. The monoisotopic (exact) mass is 174 g/mol. The lowest BCUT2D eigenvalue weighted by Crippen LogP contribution is -1.93. The molecule has 0 spiro atoms. The number of carboxylic acids is 2. The van der Waals surface area contributed by atoms with Crippen LogP contribution in [0.4, 0.5) is 0 Å². The lowest BCUT2D eigenvalue weighted by Gasteiger charge is -1.79. The van der Waals surface area contributed by atoms with E-state index in [0.717, 1.165) is 6.08 Å². The predicted molar refractivity (Wildman–Crippen MR) is 40.8 cm³/mol. The zero-order chi connectivity index (χ0) is 9.98. The highest BCUT2D eigenvalue weighted by Gasteiger charge is 1.91. The van der Waals surface area contributed by atoms with Gasteiger partial charge < -0.3 is 15.0 Å². The lowest BCUT2D eigenvalue weighted by atomic mass is 10.3. The molecule has 0 aliphatic rings. The molecule has 0 fully saturated rings. The third-order valence-corrected chi connectivity index (χ3v) is 0.651. The minimum atomic E-state index is -0.981. The Labute approximate surface area is 69.3 Å². The molecule has 0 aromatic carbocycles. The summed E-state index contributed by atoms with van der Waals surface area (Å²) >= 11 is 0. The molecule has 5 heteroatoms. The van der Waals surface area contributed by atoms with E-state index in [9.17, 15) is 14.4 Å². The molecule has 5 nitrogen and oxygen atoms in total. The van der Waals surface area contributed by atoms with Crippen LogP contribution >= 0.6 is 0 Å². The van der Waals surface area contributed by atoms with Crippen molar-refractivity contribution in [3.8, 4) is 0 Å². The van der Waals surface area contributed by atoms with Crippen LogP contribution in [0.3, 0.4) is 0 Å². The van der Waals surface area contributed by atoms with E-state index in [0.29, 0.717) is 6.29 Å². The van der Waals surface area contributed by atoms with Crippen molar-refractivity contribution in [2.45, 2.75) is 12.8 Å². The average molecular weight is 174 g/mol. The summed E-state index contributed by atoms with van der Waals surface area (Å²) in [6.07, 6.45) is 1.49. The number of rotatable bonds is 4. The van der Waals surface area contributed by atoms with E-state index in [1.807, 2.05) is 0 Å². The van der Waals surface area contributed by atoms with Crippen LogP contribution in [0.15, 0.2) is 12.7 Å². The summed E-state index contributed by atoms with van der Waals surface area (Å²) in [4.78, 5) is 28.3. The maximum Gasteiger partial charge on any atom is 0.327 e. The fourth-order valence-corrected chi connectivity index (χ4v) is 0.182. The van der Waals surface area contributed by atoms with Gasteiger partial charge in [0.25, 0.3) is 0 Å². The van der Waals surface area contributed by atoms with Gasteiger partial charge in [-0.1, -0.05) is 6.58 Å². The fraction of sp³-hybridized carbons (Fsp3) is 0.286. The SMILES string of the molecule is C=CC(=O)O.O=CCCC(=O)O. The van der Waals surface area contributed by atoms with Gasteiger partial charge in [-0.2, -0.15) is 0 Å². The van der Waals surface area contributed by atoms with Gasteiger partial charge in [0.15, 0.2) is 0 Å². The molecule has 0 aromatic rings. The van der Waals surface area contributed by atoms with Gasteiger partial charge in [-0.05, 0) is 0 Å². The van der Waals surface area contributed by atoms with Crippen molar-refractivity contribution in [1.29, 1.82) is 0 Å². The third-order valence-electron chi connectivity index (χ3n) is 0.651. The summed E-state index contributed by atoms with van der Waals surface area (Å²) < 4.78 is 0. The Kier molecular flexibility index (Phi) is 10.1. The van der Waals surface area contributed by atoms with Crippen LogP contribution in [0, 0.1) is 0 Å². The number of carboxylic acid groups (broad SMARTS) is 2. The smallest absolute Gasteiger partial charge is 0.327 e. The van der Waals surface area contributed by atoms with Crippen LogP contribution in [0.5, 0.6) is 0 Å². The highest BCUT2D eigenvalue weighted by Crippen LogP contribution is 1.80. The number of aldehydes is 1. The van der Waals surface area contributed by atoms with Gasteiger partial charge in [0, 0.05) is 12.5 Å². The Morgan fingerprint density at radius 1 is 1.33 bits per heavy atom. The summed E-state index contributed by atoms with van der Waals surface area (Å²) in [5.41, 5.74) is 0. The standard InChI is InChI=1S/C4H6O3.C3H4O2/c5-3-1-2-4(6)7;1-2-3(4)5/h3H,1-2H2,(H,6,7);2H,1H2,(H,4,5). The first-order valence-electron chi connectivity index (χ1n) is 3.05. The van der Waals surface area contributed by atoms with Gasteiger partial charge in [-0.25, -0.2) is 4.79 Å². The maximum absolute atomic E-state index is 9.60. The van der Waals surface area contributed by atoms with Crippen LogP contribution < -0.4 is 0 Å². The first-order chi connectivity index (χ1) is 5.54. The van der Waals surface area contributed by atoms with Gasteiger partial charge >= 0.3 is 11.9 Å². The maximum atomic E-state index is 9.60. The third kappa shape index (κ3) is 23.8. The molecule has 0 atom stereocenters. The van der Waals surface area contributed by atoms with Gasteiger partial charge in [0.05, 0.1) is 6.42 Å². The first kappa shape index (κ1) is 13.0. The highest BCUT2D eigenvalue weighted by molar-refractivity contribution is 5.78. The molecule has 0 saturated carbocycles. The second kappa shape index (κ2) is 9.35. The highest BCUT2D eigenvalue weighted by atomic mass is 16.4. The van der Waals surface area contributed by atoms with E-state index < -0.39 is 11.9 Å². The normalized spacial score (nSPS) is 7.33. The predicted octanol–water partition coefficient (Wildman–Crippen LogP) is 0.307. The van der Waals surface area contributed by atoms with Crippen LogP contribution in [0.25, 0.3) is 0 Å². The summed E-state index contributed by atoms with van der Waals surface area (Å²) in [5.74, 6) is -1.91. The number of carbonyl (C=O) groups excluding carboxylic acids is 1. The van der Waals surface area contributed by atoms with Crippen molar-refractivity contribution >= 4 is 18.2 Å². The molecule has 0 unspecified atom stereocenters. The fourth-order valence-electron chi connectivity index (χ4n) is 0.182. The van der Waals surface area contributed by atoms with Crippen molar-refractivity contribution in [3.05, 3.63) is 12.7 Å². The molecule has 0 aromatic heterocycles. The minimum absolute atomic E-state index is 0.0521. The van der Waals surface area contributed by atoms with E-state index in [2.05, 4.69) is 6.58 Å². The Morgan fingerprint density at radius 3 is 1.83 bits per heavy atom. The molecule has 12 heavy (non-hydrogen) atoms. The number of hydrogen-bond donors (Lipinski definition) is 2. The minimum Gasteiger partial charge on any atom is -0.481 e. The molecular weight excluding hydrogens is 164 g/mol. The topological polar surface area (TPSA) is 91.7 Å². The summed E-state index contributed by atoms with van der Waals surface area (Å²) in [6, 6.07) is 0. The molecule has 0 aliphatic heterocycles. The second-order valence-corrected chi connectivity index (χ2v) is 1.64. The van der Waals surface area contributed by atoms with Crippen LogP contribution in [-0.2, 0) is 14.4 Å². The van der Waals surface area contributed by atoms with E-state index in [1.165, 1.54) is 0 Å². The van der Waals surface area contributed by atoms with Gasteiger partial charge in [-0.15, -0.1) is 0 Å². The first-order valence-corrected chi connectivity index (χ1v) is 3.05. The Balaban J connectivity index is 0. The lowest BCUT2D eigenvalue weighted by molar-refractivity contribution is -0.137. The van der Waals surface area contributed by atoms with Crippen molar-refractivity contribution < 1.29 is 24.6 Å². The Morgan fingerprint density at radius 2 is 1.75 bits per heavy atom. The van der Waals surface area contributed by atoms with E-state index in [4.69, 9.17) is 10.2 Å². The molecule has 0 rings (SSSR count). The van der Waals surface area contributed by atoms with Crippen LogP contribution in [0.2, 0.25) is 0 Å². The largest absolute Gasteiger partial charge is 0.481 e. The molecule has 68 valence electrons. The van der Waals surface area contributed by atoms with E-state index in [-0.39, 0.29) is 12.8 Å². The average Bonchev–Trinajstić information content (AvgIpc) is 2.02. The number of carbonyl (C=O) groups is 3. The van der Waals surface area contributed by atoms with Crippen molar-refractivity contribution in [2.24, 2.45) is 0 Å². The zero-order valence-electron chi connectivity index (χ0n) is 6.40. The van der Waals surface area contributed by atoms with E-state index in [1.54, 1.807) is 0 Å². The quantitative estimate of drug-likeness (QED) is 0.472. The summed E-state index contributed by atoms with van der Waals surface area (Å²) in [5, 5.41) is 15.5. The Bertz CT molecular complexity index is 173. The van der Waals surface area contributed by atoms with Gasteiger partial charge in [-0.3, -0.25) is 4.79 Å². The number of aliphatic carboxylic acids is 2. The molecule has 0 heterocycles. The molecule has 2 N–H and O–H groups in total. The molecule has 0 radical (unpaired) electrons. The van der Waals surface area contributed by atoms with Crippen molar-refractivity contribution in [2.75, 3.05) is 0 Å². The molecule has 0 amide bonds. The van der Waals surface area contributed by atoms with Gasteiger partial charge in [0.1, 0.15) is 6.29 Å². The molecular formula is C7H10O5. The summed E-state index contributed by atoms with van der Waals surface area (Å²) in [6.45, 7) is 2.96. The van der Waals surface area contributed by atoms with Gasteiger partial charge in [0.2, 0.25) is 0 Å². The van der Waals surface area contributed by atoms with Crippen molar-refractivity contribution in [1.82, 2.24) is 0 Å². The Hall–Kier alpha value is -1.65. The van der Waals surface area contributed by atoms with Crippen LogP contribution in [-0.4, -0.2) is 28.4 Å². The van der Waals surface area contributed by atoms with Crippen molar-refractivity contribution in [3.63, 3.8) is 0 Å². The van der Waals surface area contributed by atoms with Crippen LogP contribution in [0.1, 0.15) is 12.8 Å². The number of hydrogen-bond acceptors (Lipinski definition) is 3.